The molecule has 0 saturated heterocycles. The molecule has 3 rings (SSSR count). The second kappa shape index (κ2) is 8.12. The third kappa shape index (κ3) is 3.83. The summed E-state index contributed by atoms with van der Waals surface area (Å²) in [5, 5.41) is 9.35. The number of nitrogens with zero attached hydrogens (tertiary/aromatic N) is 3. The fourth-order valence-corrected chi connectivity index (χ4v) is 2.89. The van der Waals surface area contributed by atoms with Gasteiger partial charge in [0, 0.05) is 5.39 Å². The Morgan fingerprint density at radius 1 is 1.14 bits per heavy atom. The predicted molar refractivity (Wildman–Crippen MR) is 107 cm³/mol. The van der Waals surface area contributed by atoms with Gasteiger partial charge < -0.3 is 0 Å². The van der Waals surface area contributed by atoms with Gasteiger partial charge in [-0.05, 0) is 44.0 Å². The van der Waals surface area contributed by atoms with Gasteiger partial charge in [-0.15, -0.1) is 0 Å². The number of carbonyl (C=O) groups excluding carboxylic acids is 1. The highest BCUT2D eigenvalue weighted by atomic mass is 19.1. The molecule has 0 unspecified atom stereocenters. The van der Waals surface area contributed by atoms with E-state index >= 15 is 0 Å². The lowest BCUT2D eigenvalue weighted by Gasteiger charge is -2.13. The molecular formula is C21H21FN4O2. The van der Waals surface area contributed by atoms with Crippen LogP contribution in [0.5, 0.6) is 0 Å². The Balaban J connectivity index is 2.00. The predicted octanol–water partition coefficient (Wildman–Crippen LogP) is 3.66. The van der Waals surface area contributed by atoms with Crippen molar-refractivity contribution in [2.45, 2.75) is 33.2 Å². The Bertz CT molecular complexity index is 1100. The smallest absolute Gasteiger partial charge is 0.267 e. The van der Waals surface area contributed by atoms with Gasteiger partial charge in [0.2, 0.25) is 0 Å². The normalized spacial score (nSPS) is 11.8. The van der Waals surface area contributed by atoms with Gasteiger partial charge >= 0.3 is 0 Å². The van der Waals surface area contributed by atoms with Gasteiger partial charge in [-0.3, -0.25) is 9.59 Å². The van der Waals surface area contributed by atoms with Gasteiger partial charge in [0.25, 0.3) is 11.5 Å². The fraction of sp³-hybridized carbons (Fsp3) is 0.238. The van der Waals surface area contributed by atoms with Gasteiger partial charge in [-0.25, -0.2) is 14.5 Å². The molecule has 0 fully saturated rings. The van der Waals surface area contributed by atoms with Crippen LogP contribution in [0.2, 0.25) is 0 Å². The van der Waals surface area contributed by atoms with Crippen LogP contribution in [0.25, 0.3) is 10.8 Å². The number of hydrazone groups is 1. The number of benzene rings is 2. The Morgan fingerprint density at radius 3 is 2.39 bits per heavy atom. The first-order chi connectivity index (χ1) is 13.4. The first-order valence-corrected chi connectivity index (χ1v) is 9.06. The molecule has 0 radical (unpaired) electrons. The molecule has 28 heavy (non-hydrogen) atoms. The summed E-state index contributed by atoms with van der Waals surface area (Å²) < 4.78 is 14.4. The SMILES string of the molecule is CC/C(=N\NC(=O)c1nn(C(C)C)c(=O)c2ccccc12)c1ccc(F)cc1. The summed E-state index contributed by atoms with van der Waals surface area (Å²) in [7, 11) is 0. The zero-order chi connectivity index (χ0) is 20.3. The topological polar surface area (TPSA) is 76.3 Å². The largest absolute Gasteiger partial charge is 0.292 e. The average Bonchev–Trinajstić information content (AvgIpc) is 2.69. The third-order valence-corrected chi connectivity index (χ3v) is 4.34. The zero-order valence-corrected chi connectivity index (χ0v) is 15.9. The highest BCUT2D eigenvalue weighted by Gasteiger charge is 2.17. The Labute approximate surface area is 161 Å². The van der Waals surface area contributed by atoms with Crippen LogP contribution in [-0.2, 0) is 0 Å². The van der Waals surface area contributed by atoms with Crippen LogP contribution in [0.1, 0.15) is 49.3 Å². The quantitative estimate of drug-likeness (QED) is 0.542. The van der Waals surface area contributed by atoms with E-state index in [4.69, 9.17) is 0 Å². The highest BCUT2D eigenvalue weighted by molar-refractivity contribution is 6.06. The standard InChI is InChI=1S/C21H21FN4O2/c1-4-18(14-9-11-15(22)12-10-14)23-24-20(27)19-16-7-5-6-8-17(16)21(28)26(25-19)13(2)3/h5-13H,4H2,1-3H3,(H,24,27)/b23-18+. The van der Waals surface area contributed by atoms with Crippen molar-refractivity contribution in [2.75, 3.05) is 0 Å². The fourth-order valence-electron chi connectivity index (χ4n) is 2.89. The number of halogens is 1. The van der Waals surface area contributed by atoms with Crippen molar-refractivity contribution in [1.29, 1.82) is 0 Å². The molecule has 1 amide bonds. The summed E-state index contributed by atoms with van der Waals surface area (Å²) in [5.74, 6) is -0.853. The average molecular weight is 380 g/mol. The van der Waals surface area contributed by atoms with Gasteiger partial charge in [-0.2, -0.15) is 10.2 Å². The lowest BCUT2D eigenvalue weighted by molar-refractivity contribution is 0.0949. The molecule has 1 heterocycles. The lowest BCUT2D eigenvalue weighted by atomic mass is 10.1. The van der Waals surface area contributed by atoms with Gasteiger partial charge in [-0.1, -0.05) is 37.3 Å². The summed E-state index contributed by atoms with van der Waals surface area (Å²) in [6.45, 7) is 5.54. The van der Waals surface area contributed by atoms with Crippen LogP contribution in [0.15, 0.2) is 58.4 Å². The van der Waals surface area contributed by atoms with E-state index in [1.807, 2.05) is 20.8 Å². The van der Waals surface area contributed by atoms with Crippen LogP contribution >= 0.6 is 0 Å². The first kappa shape index (κ1) is 19.4. The van der Waals surface area contributed by atoms with Gasteiger partial charge in [0.05, 0.1) is 17.1 Å². The Morgan fingerprint density at radius 2 is 1.79 bits per heavy atom. The summed E-state index contributed by atoms with van der Waals surface area (Å²) in [5.41, 5.74) is 3.72. The molecule has 0 aliphatic rings. The van der Waals surface area contributed by atoms with Crippen LogP contribution in [0, 0.1) is 5.82 Å². The van der Waals surface area contributed by atoms with Gasteiger partial charge in [0.15, 0.2) is 5.69 Å². The second-order valence-electron chi connectivity index (χ2n) is 6.60. The maximum Gasteiger partial charge on any atom is 0.292 e. The number of rotatable bonds is 5. The highest BCUT2D eigenvalue weighted by Crippen LogP contribution is 2.15. The molecule has 2 aromatic carbocycles. The zero-order valence-electron chi connectivity index (χ0n) is 15.9. The summed E-state index contributed by atoms with van der Waals surface area (Å²) in [6, 6.07) is 12.6. The first-order valence-electron chi connectivity index (χ1n) is 9.06. The molecule has 0 aliphatic carbocycles. The molecular weight excluding hydrogens is 359 g/mol. The Hall–Kier alpha value is -3.35. The Kier molecular flexibility index (Phi) is 5.63. The summed E-state index contributed by atoms with van der Waals surface area (Å²) in [4.78, 5) is 25.4. The van der Waals surface area contributed by atoms with Crippen molar-refractivity contribution in [3.05, 3.63) is 76.0 Å². The molecule has 0 saturated carbocycles. The van der Waals surface area contributed by atoms with Crippen LogP contribution < -0.4 is 11.0 Å². The minimum absolute atomic E-state index is 0.127. The van der Waals surface area contributed by atoms with Crippen molar-refractivity contribution in [3.63, 3.8) is 0 Å². The van der Waals surface area contributed by atoms with Crippen molar-refractivity contribution in [2.24, 2.45) is 5.10 Å². The molecule has 3 aromatic rings. The van der Waals surface area contributed by atoms with E-state index in [9.17, 15) is 14.0 Å². The number of amides is 1. The third-order valence-electron chi connectivity index (χ3n) is 4.34. The number of hydrogen-bond donors (Lipinski definition) is 1. The number of aromatic nitrogens is 2. The molecule has 6 nitrogen and oxygen atoms in total. The van der Waals surface area contributed by atoms with E-state index in [0.29, 0.717) is 28.5 Å². The number of nitrogens with one attached hydrogen (secondary N) is 1. The van der Waals surface area contributed by atoms with Crippen LogP contribution in [0.4, 0.5) is 4.39 Å². The van der Waals surface area contributed by atoms with Crippen molar-refractivity contribution in [1.82, 2.24) is 15.2 Å². The van der Waals surface area contributed by atoms with Crippen molar-refractivity contribution >= 4 is 22.4 Å². The molecule has 0 aliphatic heterocycles. The lowest BCUT2D eigenvalue weighted by Crippen LogP contribution is -2.30. The molecule has 1 aromatic heterocycles. The number of hydrogen-bond acceptors (Lipinski definition) is 4. The van der Waals surface area contributed by atoms with E-state index in [1.54, 1.807) is 36.4 Å². The van der Waals surface area contributed by atoms with Crippen molar-refractivity contribution in [3.8, 4) is 0 Å². The van der Waals surface area contributed by atoms with E-state index in [-0.39, 0.29) is 23.1 Å². The van der Waals surface area contributed by atoms with Crippen LogP contribution in [0.3, 0.4) is 0 Å². The maximum atomic E-state index is 13.1. The molecule has 1 N–H and O–H groups in total. The maximum absolute atomic E-state index is 13.1. The molecule has 7 heteroatoms. The summed E-state index contributed by atoms with van der Waals surface area (Å²) in [6.07, 6.45) is 0.547. The molecule has 0 atom stereocenters. The van der Waals surface area contributed by atoms with E-state index in [1.165, 1.54) is 16.8 Å². The van der Waals surface area contributed by atoms with E-state index < -0.39 is 5.91 Å². The minimum atomic E-state index is -0.515. The van der Waals surface area contributed by atoms with Crippen LogP contribution in [-0.4, -0.2) is 21.4 Å². The monoisotopic (exact) mass is 380 g/mol. The molecule has 144 valence electrons. The number of fused-ring (bicyclic) bond motifs is 1. The van der Waals surface area contributed by atoms with E-state index in [0.717, 1.165) is 0 Å². The second-order valence-corrected chi connectivity index (χ2v) is 6.60. The van der Waals surface area contributed by atoms with Crippen molar-refractivity contribution < 1.29 is 9.18 Å². The van der Waals surface area contributed by atoms with Gasteiger partial charge in [0.1, 0.15) is 5.82 Å². The minimum Gasteiger partial charge on any atom is -0.267 e. The summed E-state index contributed by atoms with van der Waals surface area (Å²) >= 11 is 0. The van der Waals surface area contributed by atoms with E-state index in [2.05, 4.69) is 15.6 Å². The molecule has 0 spiro atoms. The molecule has 0 bridgehead atoms. The number of carbonyl (C=O) groups is 1.